The first-order valence-corrected chi connectivity index (χ1v) is 4.80. The molecule has 0 aliphatic rings. The molecule has 0 atom stereocenters. The first-order valence-electron chi connectivity index (χ1n) is 4.43. The summed E-state index contributed by atoms with van der Waals surface area (Å²) >= 11 is 5.53. The van der Waals surface area contributed by atoms with Gasteiger partial charge in [0.25, 0.3) is 0 Å². The summed E-state index contributed by atoms with van der Waals surface area (Å²) < 4.78 is 18.4. The Kier molecular flexibility index (Phi) is 3.95. The van der Waals surface area contributed by atoms with Crippen LogP contribution in [-0.2, 0) is 11.2 Å². The van der Waals surface area contributed by atoms with E-state index in [-0.39, 0.29) is 34.9 Å². The van der Waals surface area contributed by atoms with Gasteiger partial charge < -0.3 is 14.9 Å². The van der Waals surface area contributed by atoms with Crippen LogP contribution in [0.15, 0.2) is 6.07 Å². The zero-order chi connectivity index (χ0) is 12.3. The number of carboxylic acid groups (broad SMARTS) is 1. The molecule has 16 heavy (non-hydrogen) atoms. The Bertz CT molecular complexity index is 420. The predicted octanol–water partition coefficient (Wildman–Crippen LogP) is 2.21. The molecule has 0 saturated carbocycles. The predicted molar refractivity (Wildman–Crippen MR) is 55.6 cm³/mol. The van der Waals surface area contributed by atoms with Gasteiger partial charge in [0, 0.05) is 18.1 Å². The maximum atomic E-state index is 13.6. The van der Waals surface area contributed by atoms with Crippen molar-refractivity contribution < 1.29 is 24.1 Å². The molecule has 0 radical (unpaired) electrons. The third-order valence-corrected chi connectivity index (χ3v) is 2.31. The average molecular weight is 249 g/mol. The van der Waals surface area contributed by atoms with Gasteiger partial charge in [-0.2, -0.15) is 0 Å². The second kappa shape index (κ2) is 5.03. The Labute approximate surface area is 96.2 Å². The number of rotatable bonds is 4. The van der Waals surface area contributed by atoms with Crippen LogP contribution in [0.3, 0.4) is 0 Å². The lowest BCUT2D eigenvalue weighted by molar-refractivity contribution is -0.136. The van der Waals surface area contributed by atoms with E-state index >= 15 is 0 Å². The number of methoxy groups -OCH3 is 1. The van der Waals surface area contributed by atoms with Crippen molar-refractivity contribution >= 4 is 17.6 Å². The molecule has 0 bridgehead atoms. The van der Waals surface area contributed by atoms with Crippen LogP contribution >= 0.6 is 11.6 Å². The maximum absolute atomic E-state index is 13.6. The normalized spacial score (nSPS) is 10.2. The zero-order valence-electron chi connectivity index (χ0n) is 8.46. The van der Waals surface area contributed by atoms with Crippen LogP contribution in [0.25, 0.3) is 0 Å². The highest BCUT2D eigenvalue weighted by atomic mass is 35.5. The van der Waals surface area contributed by atoms with Crippen LogP contribution in [0, 0.1) is 5.82 Å². The molecule has 0 aliphatic heterocycles. The third-order valence-electron chi connectivity index (χ3n) is 2.04. The third kappa shape index (κ3) is 2.55. The van der Waals surface area contributed by atoms with Crippen molar-refractivity contribution in [2.24, 2.45) is 0 Å². The van der Waals surface area contributed by atoms with Crippen LogP contribution in [0.4, 0.5) is 4.39 Å². The summed E-state index contributed by atoms with van der Waals surface area (Å²) in [6.07, 6.45) is -0.370. The number of carboxylic acids is 1. The van der Waals surface area contributed by atoms with Crippen molar-refractivity contribution in [1.29, 1.82) is 0 Å². The topological polar surface area (TPSA) is 66.8 Å². The minimum absolute atomic E-state index is 0.0325. The molecule has 0 saturated heterocycles. The zero-order valence-corrected chi connectivity index (χ0v) is 9.21. The number of hydrogen-bond donors (Lipinski definition) is 2. The molecule has 1 aromatic rings. The van der Waals surface area contributed by atoms with E-state index < -0.39 is 11.8 Å². The summed E-state index contributed by atoms with van der Waals surface area (Å²) in [5.41, 5.74) is -0.0325. The summed E-state index contributed by atoms with van der Waals surface area (Å²) in [6.45, 7) is 0. The smallest absolute Gasteiger partial charge is 0.303 e. The van der Waals surface area contributed by atoms with Crippen molar-refractivity contribution in [3.05, 3.63) is 22.5 Å². The molecule has 88 valence electrons. The molecule has 0 fully saturated rings. The number of carbonyl (C=O) groups is 1. The van der Waals surface area contributed by atoms with Crippen molar-refractivity contribution in [1.82, 2.24) is 0 Å². The summed E-state index contributed by atoms with van der Waals surface area (Å²) in [5, 5.41) is 17.7. The minimum Gasteiger partial charge on any atom is -0.504 e. The van der Waals surface area contributed by atoms with Gasteiger partial charge in [-0.1, -0.05) is 11.6 Å². The van der Waals surface area contributed by atoms with Crippen molar-refractivity contribution in [3.8, 4) is 11.5 Å². The molecular weight excluding hydrogens is 239 g/mol. The Hall–Kier alpha value is -1.49. The minimum atomic E-state index is -1.07. The maximum Gasteiger partial charge on any atom is 0.303 e. The monoisotopic (exact) mass is 248 g/mol. The Morgan fingerprint density at radius 2 is 2.25 bits per heavy atom. The van der Waals surface area contributed by atoms with Gasteiger partial charge in [0.1, 0.15) is 5.82 Å². The molecule has 0 amide bonds. The van der Waals surface area contributed by atoms with E-state index in [1.54, 1.807) is 0 Å². The highest BCUT2D eigenvalue weighted by molar-refractivity contribution is 6.31. The fourth-order valence-corrected chi connectivity index (χ4v) is 1.55. The van der Waals surface area contributed by atoms with Gasteiger partial charge in [-0.25, -0.2) is 4.39 Å². The first-order chi connectivity index (χ1) is 7.47. The highest BCUT2D eigenvalue weighted by Crippen LogP contribution is 2.36. The number of phenolic OH excluding ortho intramolecular Hbond substituents is 1. The molecule has 0 aromatic heterocycles. The van der Waals surface area contributed by atoms with Gasteiger partial charge in [0.05, 0.1) is 12.1 Å². The van der Waals surface area contributed by atoms with Crippen molar-refractivity contribution in [3.63, 3.8) is 0 Å². The second-order valence-electron chi connectivity index (χ2n) is 3.10. The van der Waals surface area contributed by atoms with Gasteiger partial charge in [-0.3, -0.25) is 4.79 Å². The van der Waals surface area contributed by atoms with Crippen LogP contribution in [0.5, 0.6) is 11.5 Å². The quantitative estimate of drug-likeness (QED) is 0.857. The molecular formula is C10H10ClFO4. The van der Waals surface area contributed by atoms with E-state index in [1.165, 1.54) is 7.11 Å². The summed E-state index contributed by atoms with van der Waals surface area (Å²) in [5.74, 6) is -2.23. The van der Waals surface area contributed by atoms with E-state index in [4.69, 9.17) is 21.4 Å². The van der Waals surface area contributed by atoms with Crippen molar-refractivity contribution in [2.45, 2.75) is 12.8 Å². The molecule has 4 nitrogen and oxygen atoms in total. The van der Waals surface area contributed by atoms with Gasteiger partial charge in [-0.15, -0.1) is 0 Å². The van der Waals surface area contributed by atoms with E-state index in [1.807, 2.05) is 0 Å². The second-order valence-corrected chi connectivity index (χ2v) is 3.50. The molecule has 0 spiro atoms. The lowest BCUT2D eigenvalue weighted by Crippen LogP contribution is -2.02. The van der Waals surface area contributed by atoms with Gasteiger partial charge in [0.2, 0.25) is 0 Å². The van der Waals surface area contributed by atoms with Crippen LogP contribution < -0.4 is 4.74 Å². The molecule has 1 rings (SSSR count). The SMILES string of the molecule is COc1c(O)cc(Cl)c(F)c1CCC(=O)O. The standard InChI is InChI=1S/C10H10ClFO4/c1-16-10-5(2-3-8(14)15)9(12)6(11)4-7(10)13/h4,13H,2-3H2,1H3,(H,14,15). The van der Waals surface area contributed by atoms with Crippen LogP contribution in [-0.4, -0.2) is 23.3 Å². The first kappa shape index (κ1) is 12.6. The van der Waals surface area contributed by atoms with Gasteiger partial charge >= 0.3 is 5.97 Å². The van der Waals surface area contributed by atoms with E-state index in [0.717, 1.165) is 6.07 Å². The summed E-state index contributed by atoms with van der Waals surface area (Å²) in [6, 6.07) is 1.01. The molecule has 0 aliphatic carbocycles. The number of ether oxygens (including phenoxy) is 1. The fourth-order valence-electron chi connectivity index (χ4n) is 1.33. The number of aliphatic carboxylic acids is 1. The summed E-state index contributed by atoms with van der Waals surface area (Å²) in [7, 11) is 1.26. The average Bonchev–Trinajstić information content (AvgIpc) is 2.20. The van der Waals surface area contributed by atoms with Gasteiger partial charge in [0.15, 0.2) is 11.5 Å². The molecule has 1 aromatic carbocycles. The number of halogens is 2. The van der Waals surface area contributed by atoms with Crippen molar-refractivity contribution in [2.75, 3.05) is 7.11 Å². The summed E-state index contributed by atoms with van der Waals surface area (Å²) in [4.78, 5) is 10.4. The van der Waals surface area contributed by atoms with E-state index in [2.05, 4.69) is 0 Å². The Morgan fingerprint density at radius 3 is 2.75 bits per heavy atom. The van der Waals surface area contributed by atoms with Crippen LogP contribution in [0.2, 0.25) is 5.02 Å². The fraction of sp³-hybridized carbons (Fsp3) is 0.300. The highest BCUT2D eigenvalue weighted by Gasteiger charge is 2.18. The number of phenols is 1. The Balaban J connectivity index is 3.17. The largest absolute Gasteiger partial charge is 0.504 e. The van der Waals surface area contributed by atoms with Gasteiger partial charge in [-0.05, 0) is 6.42 Å². The Morgan fingerprint density at radius 1 is 1.62 bits per heavy atom. The lowest BCUT2D eigenvalue weighted by atomic mass is 10.1. The number of hydrogen-bond acceptors (Lipinski definition) is 3. The lowest BCUT2D eigenvalue weighted by Gasteiger charge is -2.11. The molecule has 2 N–H and O–H groups in total. The van der Waals surface area contributed by atoms with Crippen LogP contribution in [0.1, 0.15) is 12.0 Å². The number of benzene rings is 1. The molecule has 0 unspecified atom stereocenters. The molecule has 0 heterocycles. The van der Waals surface area contributed by atoms with E-state index in [0.29, 0.717) is 0 Å². The molecule has 6 heteroatoms. The van der Waals surface area contributed by atoms with E-state index in [9.17, 15) is 14.3 Å². The number of aromatic hydroxyl groups is 1.